The summed E-state index contributed by atoms with van der Waals surface area (Å²) in [5.41, 5.74) is 2.34. The molecule has 0 radical (unpaired) electrons. The Morgan fingerprint density at radius 3 is 2.75 bits per heavy atom. The molecule has 0 amide bonds. The van der Waals surface area contributed by atoms with Gasteiger partial charge in [0.25, 0.3) is 0 Å². The van der Waals surface area contributed by atoms with Crippen LogP contribution >= 0.6 is 11.3 Å². The minimum atomic E-state index is 0.997. The Morgan fingerprint density at radius 1 is 1.25 bits per heavy atom. The van der Waals surface area contributed by atoms with Crippen molar-refractivity contribution in [2.45, 2.75) is 13.5 Å². The Morgan fingerprint density at radius 2 is 2.06 bits per heavy atom. The lowest BCUT2D eigenvalue weighted by molar-refractivity contribution is 0.406. The van der Waals surface area contributed by atoms with Gasteiger partial charge in [0, 0.05) is 17.6 Å². The number of aromatic nitrogens is 1. The van der Waals surface area contributed by atoms with Crippen molar-refractivity contribution in [3.05, 3.63) is 40.9 Å². The normalized spacial score (nSPS) is 11.0. The topological polar surface area (TPSA) is 16.1 Å². The third kappa shape index (κ3) is 2.68. The zero-order chi connectivity index (χ0) is 11.5. The first-order chi connectivity index (χ1) is 7.65. The molecule has 0 fully saturated rings. The lowest BCUT2D eigenvalue weighted by Crippen LogP contribution is -2.09. The summed E-state index contributed by atoms with van der Waals surface area (Å²) in [5, 5.41) is 0. The quantitative estimate of drug-likeness (QED) is 0.808. The van der Waals surface area contributed by atoms with Gasteiger partial charge in [-0.2, -0.15) is 0 Å². The smallest absolute Gasteiger partial charge is 0.0804 e. The van der Waals surface area contributed by atoms with Gasteiger partial charge in [0.05, 0.1) is 10.6 Å². The molecule has 0 unspecified atom stereocenters. The van der Waals surface area contributed by atoms with Gasteiger partial charge < -0.3 is 4.90 Å². The summed E-state index contributed by atoms with van der Waals surface area (Å²) < 4.78 is 0. The van der Waals surface area contributed by atoms with E-state index in [4.69, 9.17) is 0 Å². The number of thiophene rings is 1. The lowest BCUT2D eigenvalue weighted by atomic mass is 10.2. The van der Waals surface area contributed by atoms with Crippen molar-refractivity contribution in [1.29, 1.82) is 0 Å². The van der Waals surface area contributed by atoms with E-state index in [0.29, 0.717) is 0 Å². The molecule has 0 saturated carbocycles. The van der Waals surface area contributed by atoms with Gasteiger partial charge >= 0.3 is 0 Å². The van der Waals surface area contributed by atoms with Crippen LogP contribution in [0.25, 0.3) is 10.6 Å². The maximum atomic E-state index is 4.40. The van der Waals surface area contributed by atoms with Gasteiger partial charge in [-0.3, -0.25) is 4.98 Å². The SMILES string of the molecule is Cc1ccnc(-c2ccc(CN(C)C)s2)c1. The van der Waals surface area contributed by atoms with Crippen molar-refractivity contribution in [2.24, 2.45) is 0 Å². The van der Waals surface area contributed by atoms with Gasteiger partial charge in [0.1, 0.15) is 0 Å². The van der Waals surface area contributed by atoms with E-state index in [0.717, 1.165) is 12.2 Å². The van der Waals surface area contributed by atoms with Gasteiger partial charge in [0.2, 0.25) is 0 Å². The van der Waals surface area contributed by atoms with Crippen molar-refractivity contribution >= 4 is 11.3 Å². The number of hydrogen-bond donors (Lipinski definition) is 0. The van der Waals surface area contributed by atoms with Crippen LogP contribution < -0.4 is 0 Å². The summed E-state index contributed by atoms with van der Waals surface area (Å²) >= 11 is 1.82. The second kappa shape index (κ2) is 4.76. The number of aryl methyl sites for hydroxylation is 1. The Labute approximate surface area is 101 Å². The van der Waals surface area contributed by atoms with Gasteiger partial charge in [-0.05, 0) is 50.8 Å². The van der Waals surface area contributed by atoms with Crippen molar-refractivity contribution in [1.82, 2.24) is 9.88 Å². The molecule has 0 spiro atoms. The second-order valence-corrected chi connectivity index (χ2v) is 5.39. The largest absolute Gasteiger partial charge is 0.304 e. The van der Waals surface area contributed by atoms with Crippen LogP contribution in [0.15, 0.2) is 30.5 Å². The monoisotopic (exact) mass is 232 g/mol. The zero-order valence-corrected chi connectivity index (χ0v) is 10.7. The molecule has 2 rings (SSSR count). The van der Waals surface area contributed by atoms with E-state index in [2.05, 4.69) is 49.1 Å². The summed E-state index contributed by atoms with van der Waals surface area (Å²) in [4.78, 5) is 9.21. The van der Waals surface area contributed by atoms with Crippen LogP contribution in [0.1, 0.15) is 10.4 Å². The molecule has 16 heavy (non-hydrogen) atoms. The van der Waals surface area contributed by atoms with Crippen LogP contribution in [-0.4, -0.2) is 24.0 Å². The van der Waals surface area contributed by atoms with Crippen LogP contribution in [0.4, 0.5) is 0 Å². The Kier molecular flexibility index (Phi) is 3.36. The third-order valence-corrected chi connectivity index (χ3v) is 3.39. The van der Waals surface area contributed by atoms with Gasteiger partial charge in [-0.25, -0.2) is 0 Å². The zero-order valence-electron chi connectivity index (χ0n) is 9.90. The van der Waals surface area contributed by atoms with Gasteiger partial charge in [-0.15, -0.1) is 11.3 Å². The van der Waals surface area contributed by atoms with Crippen molar-refractivity contribution < 1.29 is 0 Å². The fraction of sp³-hybridized carbons (Fsp3) is 0.308. The first kappa shape index (κ1) is 11.3. The van der Waals surface area contributed by atoms with Gasteiger partial charge in [-0.1, -0.05) is 0 Å². The molecular formula is C13H16N2S. The predicted molar refractivity (Wildman–Crippen MR) is 69.7 cm³/mol. The Bertz CT molecular complexity index is 474. The molecule has 3 heteroatoms. The lowest BCUT2D eigenvalue weighted by Gasteiger charge is -2.06. The number of hydrogen-bond acceptors (Lipinski definition) is 3. The maximum absolute atomic E-state index is 4.40. The van der Waals surface area contributed by atoms with Crippen LogP contribution in [0.5, 0.6) is 0 Å². The summed E-state index contributed by atoms with van der Waals surface area (Å²) in [6, 6.07) is 8.50. The highest BCUT2D eigenvalue weighted by Crippen LogP contribution is 2.27. The number of pyridine rings is 1. The van der Waals surface area contributed by atoms with E-state index >= 15 is 0 Å². The molecule has 0 atom stereocenters. The van der Waals surface area contributed by atoms with E-state index in [-0.39, 0.29) is 0 Å². The van der Waals surface area contributed by atoms with E-state index in [1.165, 1.54) is 15.3 Å². The van der Waals surface area contributed by atoms with Gasteiger partial charge in [0.15, 0.2) is 0 Å². The standard InChI is InChI=1S/C13H16N2S/c1-10-6-7-14-12(8-10)13-5-4-11(16-13)9-15(2)3/h4-8H,9H2,1-3H3. The number of rotatable bonds is 3. The molecule has 2 nitrogen and oxygen atoms in total. The van der Waals surface area contributed by atoms with E-state index < -0.39 is 0 Å². The molecule has 84 valence electrons. The minimum Gasteiger partial charge on any atom is -0.304 e. The molecular weight excluding hydrogens is 216 g/mol. The highest BCUT2D eigenvalue weighted by molar-refractivity contribution is 7.15. The van der Waals surface area contributed by atoms with Crippen LogP contribution in [-0.2, 0) is 6.54 Å². The van der Waals surface area contributed by atoms with E-state index in [1.807, 2.05) is 23.6 Å². The van der Waals surface area contributed by atoms with Crippen LogP contribution in [0, 0.1) is 6.92 Å². The summed E-state index contributed by atoms with van der Waals surface area (Å²) in [5.74, 6) is 0. The highest BCUT2D eigenvalue weighted by atomic mass is 32.1. The minimum absolute atomic E-state index is 0.997. The van der Waals surface area contributed by atoms with Crippen LogP contribution in [0.3, 0.4) is 0 Å². The summed E-state index contributed by atoms with van der Waals surface area (Å²) in [6.07, 6.45) is 1.87. The van der Waals surface area contributed by atoms with Crippen LogP contribution in [0.2, 0.25) is 0 Å². The Hall–Kier alpha value is -1.19. The molecule has 2 aromatic rings. The second-order valence-electron chi connectivity index (χ2n) is 4.22. The van der Waals surface area contributed by atoms with Crippen molar-refractivity contribution in [2.75, 3.05) is 14.1 Å². The molecule has 0 saturated heterocycles. The third-order valence-electron chi connectivity index (χ3n) is 2.30. The summed E-state index contributed by atoms with van der Waals surface area (Å²) in [7, 11) is 4.18. The Balaban J connectivity index is 2.24. The molecule has 2 heterocycles. The molecule has 0 aromatic carbocycles. The van der Waals surface area contributed by atoms with Crippen molar-refractivity contribution in [3.63, 3.8) is 0 Å². The number of nitrogens with zero attached hydrogens (tertiary/aromatic N) is 2. The van der Waals surface area contributed by atoms with E-state index in [9.17, 15) is 0 Å². The average Bonchev–Trinajstić information content (AvgIpc) is 2.65. The molecule has 0 aliphatic rings. The predicted octanol–water partition coefficient (Wildman–Crippen LogP) is 3.18. The fourth-order valence-corrected chi connectivity index (χ4v) is 2.68. The maximum Gasteiger partial charge on any atom is 0.0804 e. The molecule has 0 bridgehead atoms. The van der Waals surface area contributed by atoms with Crippen molar-refractivity contribution in [3.8, 4) is 10.6 Å². The fourth-order valence-electron chi connectivity index (χ4n) is 1.58. The summed E-state index contributed by atoms with van der Waals surface area (Å²) in [6.45, 7) is 3.09. The van der Waals surface area contributed by atoms with E-state index in [1.54, 1.807) is 0 Å². The first-order valence-corrected chi connectivity index (χ1v) is 6.13. The molecule has 0 aliphatic heterocycles. The molecule has 2 aromatic heterocycles. The molecule has 0 N–H and O–H groups in total. The average molecular weight is 232 g/mol. The highest BCUT2D eigenvalue weighted by Gasteiger charge is 2.04. The first-order valence-electron chi connectivity index (χ1n) is 5.31. The molecule has 0 aliphatic carbocycles.